The first-order chi connectivity index (χ1) is 10.1. The Morgan fingerprint density at radius 3 is 2.76 bits per heavy atom. The molecule has 1 aromatic carbocycles. The summed E-state index contributed by atoms with van der Waals surface area (Å²) in [6.07, 6.45) is 2.53. The summed E-state index contributed by atoms with van der Waals surface area (Å²) < 4.78 is 28.6. The van der Waals surface area contributed by atoms with Crippen molar-refractivity contribution in [1.29, 1.82) is 0 Å². The van der Waals surface area contributed by atoms with Crippen molar-refractivity contribution in [2.45, 2.75) is 19.9 Å². The Hall–Kier alpha value is -2.50. The molecule has 0 aliphatic carbocycles. The number of anilines is 1. The van der Waals surface area contributed by atoms with Gasteiger partial charge >= 0.3 is 0 Å². The quantitative estimate of drug-likeness (QED) is 0.752. The summed E-state index contributed by atoms with van der Waals surface area (Å²) in [7, 11) is 0. The zero-order valence-corrected chi connectivity index (χ0v) is 11.5. The van der Waals surface area contributed by atoms with Gasteiger partial charge in [0.1, 0.15) is 11.3 Å². The Bertz CT molecular complexity index is 811. The maximum atomic E-state index is 13.5. The van der Waals surface area contributed by atoms with Gasteiger partial charge in [0.15, 0.2) is 17.3 Å². The Morgan fingerprint density at radius 2 is 2.00 bits per heavy atom. The van der Waals surface area contributed by atoms with E-state index in [1.807, 2.05) is 17.6 Å². The molecule has 0 radical (unpaired) electrons. The number of nitrogens with zero attached hydrogens (tertiary/aromatic N) is 3. The molecule has 0 fully saturated rings. The summed E-state index contributed by atoms with van der Waals surface area (Å²) in [4.78, 5) is 8.77. The van der Waals surface area contributed by atoms with Crippen LogP contribution < -0.4 is 5.73 Å². The number of imidazole rings is 1. The van der Waals surface area contributed by atoms with Crippen molar-refractivity contribution in [1.82, 2.24) is 14.5 Å². The van der Waals surface area contributed by atoms with Crippen LogP contribution in [0.4, 0.5) is 14.5 Å². The van der Waals surface area contributed by atoms with Crippen LogP contribution in [0.1, 0.15) is 13.3 Å². The lowest BCUT2D eigenvalue weighted by Gasteiger charge is -2.09. The van der Waals surface area contributed by atoms with E-state index in [4.69, 9.17) is 5.73 Å². The standard InChI is InChI=1S/C15H14F2N4/c1-2-6-21-14(20-13-4-3-5-19-15(13)21)9-7-10(16)11(17)8-12(9)18/h3-5,7-8H,2,6,18H2,1H3. The number of pyridine rings is 1. The fraction of sp³-hybridized carbons (Fsp3) is 0.200. The highest BCUT2D eigenvalue weighted by molar-refractivity contribution is 5.81. The number of hydrogen-bond donors (Lipinski definition) is 1. The molecule has 0 amide bonds. The van der Waals surface area contributed by atoms with E-state index in [1.165, 1.54) is 0 Å². The third-order valence-electron chi connectivity index (χ3n) is 3.28. The number of aromatic nitrogens is 3. The predicted octanol–water partition coefficient (Wildman–Crippen LogP) is 3.37. The fourth-order valence-electron chi connectivity index (χ4n) is 2.36. The first-order valence-corrected chi connectivity index (χ1v) is 6.68. The van der Waals surface area contributed by atoms with Gasteiger partial charge in [0.05, 0.1) is 0 Å². The lowest BCUT2D eigenvalue weighted by atomic mass is 10.1. The van der Waals surface area contributed by atoms with Gasteiger partial charge in [-0.3, -0.25) is 0 Å². The van der Waals surface area contributed by atoms with Crippen LogP contribution in [0.5, 0.6) is 0 Å². The van der Waals surface area contributed by atoms with E-state index in [-0.39, 0.29) is 5.69 Å². The second-order valence-electron chi connectivity index (χ2n) is 4.79. The number of halogens is 2. The van der Waals surface area contributed by atoms with Crippen molar-refractivity contribution in [2.24, 2.45) is 0 Å². The zero-order valence-electron chi connectivity index (χ0n) is 11.5. The number of fused-ring (bicyclic) bond motifs is 1. The lowest BCUT2D eigenvalue weighted by Crippen LogP contribution is -2.03. The van der Waals surface area contributed by atoms with Crippen LogP contribution in [0.2, 0.25) is 0 Å². The molecule has 3 aromatic rings. The highest BCUT2D eigenvalue weighted by Crippen LogP contribution is 2.30. The van der Waals surface area contributed by atoms with E-state index >= 15 is 0 Å². The highest BCUT2D eigenvalue weighted by atomic mass is 19.2. The molecule has 6 heteroatoms. The fourth-order valence-corrected chi connectivity index (χ4v) is 2.36. The van der Waals surface area contributed by atoms with Crippen LogP contribution in [0.15, 0.2) is 30.5 Å². The van der Waals surface area contributed by atoms with Crippen LogP contribution in [-0.2, 0) is 6.54 Å². The molecule has 0 atom stereocenters. The number of benzene rings is 1. The highest BCUT2D eigenvalue weighted by Gasteiger charge is 2.17. The van der Waals surface area contributed by atoms with E-state index in [0.717, 1.165) is 18.6 Å². The molecule has 2 heterocycles. The van der Waals surface area contributed by atoms with Gasteiger partial charge in [-0.15, -0.1) is 0 Å². The number of nitrogen functional groups attached to an aromatic ring is 1. The van der Waals surface area contributed by atoms with Crippen molar-refractivity contribution in [3.8, 4) is 11.4 Å². The molecule has 0 saturated carbocycles. The largest absolute Gasteiger partial charge is 0.398 e. The van der Waals surface area contributed by atoms with Crippen LogP contribution in [-0.4, -0.2) is 14.5 Å². The minimum absolute atomic E-state index is 0.154. The van der Waals surface area contributed by atoms with Crippen LogP contribution in [0.3, 0.4) is 0 Å². The minimum Gasteiger partial charge on any atom is -0.398 e. The topological polar surface area (TPSA) is 56.7 Å². The Balaban J connectivity index is 2.29. The van der Waals surface area contributed by atoms with Gasteiger partial charge in [-0.2, -0.15) is 0 Å². The molecule has 0 saturated heterocycles. The summed E-state index contributed by atoms with van der Waals surface area (Å²) in [5, 5.41) is 0. The summed E-state index contributed by atoms with van der Waals surface area (Å²) in [5.41, 5.74) is 7.76. The van der Waals surface area contributed by atoms with Crippen molar-refractivity contribution < 1.29 is 8.78 Å². The van der Waals surface area contributed by atoms with Gasteiger partial charge in [-0.05, 0) is 24.6 Å². The third kappa shape index (κ3) is 2.22. The van der Waals surface area contributed by atoms with Crippen LogP contribution >= 0.6 is 0 Å². The lowest BCUT2D eigenvalue weighted by molar-refractivity contribution is 0.509. The van der Waals surface area contributed by atoms with Gasteiger partial charge in [-0.25, -0.2) is 18.7 Å². The van der Waals surface area contributed by atoms with E-state index in [1.54, 1.807) is 12.3 Å². The summed E-state index contributed by atoms with van der Waals surface area (Å²) in [5.74, 6) is -1.41. The van der Waals surface area contributed by atoms with Gasteiger partial charge in [0.2, 0.25) is 0 Å². The number of rotatable bonds is 3. The smallest absolute Gasteiger partial charge is 0.160 e. The van der Waals surface area contributed by atoms with E-state index in [0.29, 0.717) is 29.1 Å². The van der Waals surface area contributed by atoms with E-state index in [2.05, 4.69) is 9.97 Å². The van der Waals surface area contributed by atoms with Gasteiger partial charge in [-0.1, -0.05) is 6.92 Å². The van der Waals surface area contributed by atoms with Gasteiger partial charge in [0.25, 0.3) is 0 Å². The monoisotopic (exact) mass is 288 g/mol. The first kappa shape index (κ1) is 13.5. The molecule has 0 aliphatic heterocycles. The number of hydrogen-bond acceptors (Lipinski definition) is 3. The Kier molecular flexibility index (Phi) is 3.29. The molecule has 2 aromatic heterocycles. The normalized spacial score (nSPS) is 11.2. The molecule has 0 bridgehead atoms. The maximum absolute atomic E-state index is 13.5. The average molecular weight is 288 g/mol. The Morgan fingerprint density at radius 1 is 1.24 bits per heavy atom. The molecule has 2 N–H and O–H groups in total. The molecule has 3 rings (SSSR count). The third-order valence-corrected chi connectivity index (χ3v) is 3.28. The molecule has 0 aliphatic rings. The van der Waals surface area contributed by atoms with Crippen molar-refractivity contribution >= 4 is 16.9 Å². The molecular formula is C15H14F2N4. The molecule has 0 spiro atoms. The second kappa shape index (κ2) is 5.12. The van der Waals surface area contributed by atoms with Crippen molar-refractivity contribution in [2.75, 3.05) is 5.73 Å². The predicted molar refractivity (Wildman–Crippen MR) is 77.6 cm³/mol. The van der Waals surface area contributed by atoms with Crippen molar-refractivity contribution in [3.63, 3.8) is 0 Å². The maximum Gasteiger partial charge on any atom is 0.160 e. The van der Waals surface area contributed by atoms with Gasteiger partial charge < -0.3 is 10.3 Å². The van der Waals surface area contributed by atoms with E-state index in [9.17, 15) is 8.78 Å². The van der Waals surface area contributed by atoms with E-state index < -0.39 is 11.6 Å². The zero-order chi connectivity index (χ0) is 15.0. The summed E-state index contributed by atoms with van der Waals surface area (Å²) in [6.45, 7) is 2.69. The average Bonchev–Trinajstić information content (AvgIpc) is 2.82. The number of aryl methyl sites for hydroxylation is 1. The molecule has 21 heavy (non-hydrogen) atoms. The summed E-state index contributed by atoms with van der Waals surface area (Å²) in [6, 6.07) is 5.67. The molecule has 0 unspecified atom stereocenters. The number of nitrogens with two attached hydrogens (primary N) is 1. The molecule has 108 valence electrons. The van der Waals surface area contributed by atoms with Crippen LogP contribution in [0, 0.1) is 11.6 Å². The molecular weight excluding hydrogens is 274 g/mol. The van der Waals surface area contributed by atoms with Crippen molar-refractivity contribution in [3.05, 3.63) is 42.1 Å². The SMILES string of the molecule is CCCn1c(-c2cc(F)c(F)cc2N)nc2cccnc21. The Labute approximate surface area is 120 Å². The first-order valence-electron chi connectivity index (χ1n) is 6.68. The van der Waals surface area contributed by atoms with Gasteiger partial charge in [0, 0.05) is 30.1 Å². The second-order valence-corrected chi connectivity index (χ2v) is 4.79. The molecule has 4 nitrogen and oxygen atoms in total. The summed E-state index contributed by atoms with van der Waals surface area (Å²) >= 11 is 0. The van der Waals surface area contributed by atoms with Crippen LogP contribution in [0.25, 0.3) is 22.6 Å². The minimum atomic E-state index is -0.965.